The Labute approximate surface area is 335 Å². The van der Waals surface area contributed by atoms with Crippen molar-refractivity contribution in [1.82, 2.24) is 25.1 Å². The van der Waals surface area contributed by atoms with Crippen LogP contribution in [0.25, 0.3) is 10.9 Å². The Kier molecular flexibility index (Phi) is 14.6. The summed E-state index contributed by atoms with van der Waals surface area (Å²) in [5, 5.41) is 8.15. The number of nitrogens with zero attached hydrogens (tertiary/aromatic N) is 2. The summed E-state index contributed by atoms with van der Waals surface area (Å²) in [4.78, 5) is 91.1. The van der Waals surface area contributed by atoms with Gasteiger partial charge in [-0.15, -0.1) is 0 Å². The molecule has 16 heteroatoms. The van der Waals surface area contributed by atoms with E-state index in [1.54, 1.807) is 92.0 Å². The summed E-state index contributed by atoms with van der Waals surface area (Å²) in [5.74, 6) is -2.75. The summed E-state index contributed by atoms with van der Waals surface area (Å²) in [6.45, 7) is 11.3. The van der Waals surface area contributed by atoms with Gasteiger partial charge in [0, 0.05) is 19.2 Å². The fourth-order valence-corrected chi connectivity index (χ4v) is 5.78. The number of aromatic nitrogens is 2. The maximum absolute atomic E-state index is 13.6. The molecule has 0 spiro atoms. The van der Waals surface area contributed by atoms with Crippen molar-refractivity contribution in [2.24, 2.45) is 18.9 Å². The van der Waals surface area contributed by atoms with Crippen LogP contribution >= 0.6 is 0 Å². The molecule has 1 heterocycles. The molecule has 0 aliphatic rings. The molecule has 4 rings (SSSR count). The molecule has 0 radical (unpaired) electrons. The van der Waals surface area contributed by atoms with Crippen molar-refractivity contribution in [2.75, 3.05) is 13.9 Å². The second-order valence-electron chi connectivity index (χ2n) is 15.3. The van der Waals surface area contributed by atoms with Crippen LogP contribution in [0.3, 0.4) is 0 Å². The second-order valence-corrected chi connectivity index (χ2v) is 15.3. The van der Waals surface area contributed by atoms with E-state index in [0.29, 0.717) is 16.8 Å². The third kappa shape index (κ3) is 11.6. The second kappa shape index (κ2) is 19.1. The predicted molar refractivity (Wildman–Crippen MR) is 214 cm³/mol. The van der Waals surface area contributed by atoms with Crippen molar-refractivity contribution < 1.29 is 42.9 Å². The molecule has 310 valence electrons. The van der Waals surface area contributed by atoms with E-state index in [4.69, 9.17) is 18.9 Å². The van der Waals surface area contributed by atoms with Crippen LogP contribution in [0.5, 0.6) is 5.75 Å². The highest BCUT2D eigenvalue weighted by Gasteiger charge is 2.32. The van der Waals surface area contributed by atoms with Crippen molar-refractivity contribution in [3.05, 3.63) is 110 Å². The van der Waals surface area contributed by atoms with E-state index in [0.717, 1.165) is 10.1 Å². The van der Waals surface area contributed by atoms with Gasteiger partial charge in [-0.25, -0.2) is 19.2 Å². The molecule has 0 aliphatic carbocycles. The number of alkyl carbamates (subject to hydrolysis) is 1. The molecule has 2 atom stereocenters. The van der Waals surface area contributed by atoms with Gasteiger partial charge in [0.2, 0.25) is 12.7 Å². The first-order valence-corrected chi connectivity index (χ1v) is 18.7. The average Bonchev–Trinajstić information content (AvgIpc) is 3.17. The lowest BCUT2D eigenvalue weighted by atomic mass is 10.0. The molecule has 3 aromatic carbocycles. The molecule has 2 unspecified atom stereocenters. The summed E-state index contributed by atoms with van der Waals surface area (Å²) in [6, 6.07) is 15.6. The molecule has 58 heavy (non-hydrogen) atoms. The first kappa shape index (κ1) is 44.3. The molecule has 4 aromatic rings. The van der Waals surface area contributed by atoms with Crippen LogP contribution in [0.2, 0.25) is 0 Å². The van der Waals surface area contributed by atoms with Crippen molar-refractivity contribution >= 4 is 40.7 Å². The minimum Gasteiger partial charge on any atom is -0.497 e. The number of benzene rings is 3. The summed E-state index contributed by atoms with van der Waals surface area (Å²) < 4.78 is 23.1. The Balaban J connectivity index is 1.37. The van der Waals surface area contributed by atoms with Gasteiger partial charge in [-0.2, -0.15) is 0 Å². The molecule has 0 saturated carbocycles. The van der Waals surface area contributed by atoms with E-state index in [1.165, 1.54) is 29.8 Å². The number of ether oxygens (including phenoxy) is 4. The van der Waals surface area contributed by atoms with E-state index in [2.05, 4.69) is 16.0 Å². The molecule has 0 aliphatic heterocycles. The molecule has 0 bridgehead atoms. The smallest absolute Gasteiger partial charge is 0.408 e. The lowest BCUT2D eigenvalue weighted by Crippen LogP contribution is -2.55. The molecule has 0 saturated heterocycles. The molecular weight excluding hydrogens is 750 g/mol. The lowest BCUT2D eigenvalue weighted by molar-refractivity contribution is -0.157. The highest BCUT2D eigenvalue weighted by molar-refractivity contribution is 5.98. The number of hydrogen-bond donors (Lipinski definition) is 3. The van der Waals surface area contributed by atoms with Crippen LogP contribution in [-0.4, -0.2) is 70.6 Å². The van der Waals surface area contributed by atoms with Gasteiger partial charge in [0.25, 0.3) is 11.5 Å². The maximum atomic E-state index is 13.6. The van der Waals surface area contributed by atoms with Gasteiger partial charge in [0.1, 0.15) is 23.4 Å². The molecular formula is C42H51N5O11. The van der Waals surface area contributed by atoms with E-state index < -0.39 is 71.5 Å². The molecule has 3 N–H and O–H groups in total. The SMILES string of the molecule is COc1ccc(CNC(=O)c2ccc3c(c2)c(=O)n(Cc2ccc(C(=O)OCOC(=O)C(NC(=O)C(NC(=O)OC(C)(C)C)C(C)C)C(C)C)cc2)c(=O)n3C)cc1. The highest BCUT2D eigenvalue weighted by atomic mass is 16.7. The first-order valence-electron chi connectivity index (χ1n) is 18.7. The molecule has 0 fully saturated rings. The fraction of sp³-hybridized carbons (Fsp3) is 0.405. The number of nitrogens with one attached hydrogen (secondary N) is 3. The standard InChI is InChI=1S/C42H51N5O11/c1-24(2)33(45-40(53)58-42(5,6)7)36(49)44-34(25(3)4)39(52)57-23-56-38(51)28-14-10-27(11-15-28)22-47-37(50)31-20-29(16-19-32(31)46(8)41(47)54)35(48)43-21-26-12-17-30(55-9)18-13-26/h10-20,24-25,33-34H,21-23H2,1-9H3,(H,43,48)(H,44,49)(H,45,53). The topological polar surface area (TPSA) is 202 Å². The number of esters is 2. The van der Waals surface area contributed by atoms with Gasteiger partial charge in [-0.3, -0.25) is 23.5 Å². The van der Waals surface area contributed by atoms with Crippen LogP contribution < -0.4 is 31.9 Å². The number of methoxy groups -OCH3 is 1. The van der Waals surface area contributed by atoms with Gasteiger partial charge in [-0.1, -0.05) is 52.0 Å². The van der Waals surface area contributed by atoms with Crippen LogP contribution in [0, 0.1) is 11.8 Å². The van der Waals surface area contributed by atoms with Gasteiger partial charge in [0.05, 0.1) is 30.1 Å². The molecule has 1 aromatic heterocycles. The zero-order valence-corrected chi connectivity index (χ0v) is 34.2. The van der Waals surface area contributed by atoms with Crippen molar-refractivity contribution in [3.63, 3.8) is 0 Å². The number of rotatable bonds is 15. The first-order chi connectivity index (χ1) is 27.3. The third-order valence-corrected chi connectivity index (χ3v) is 8.99. The lowest BCUT2D eigenvalue weighted by Gasteiger charge is -2.27. The highest BCUT2D eigenvalue weighted by Crippen LogP contribution is 2.15. The fourth-order valence-electron chi connectivity index (χ4n) is 5.78. The zero-order chi connectivity index (χ0) is 42.9. The predicted octanol–water partition coefficient (Wildman–Crippen LogP) is 4.03. The normalized spacial score (nSPS) is 12.4. The largest absolute Gasteiger partial charge is 0.497 e. The van der Waals surface area contributed by atoms with E-state index >= 15 is 0 Å². The van der Waals surface area contributed by atoms with Crippen LogP contribution in [-0.2, 0) is 43.9 Å². The van der Waals surface area contributed by atoms with Crippen molar-refractivity contribution in [3.8, 4) is 5.75 Å². The zero-order valence-electron chi connectivity index (χ0n) is 34.2. The van der Waals surface area contributed by atoms with E-state index in [9.17, 15) is 33.6 Å². The van der Waals surface area contributed by atoms with E-state index in [1.807, 2.05) is 12.1 Å². The number of carbonyl (C=O) groups excluding carboxylic acids is 5. The molecule has 3 amide bonds. The van der Waals surface area contributed by atoms with Gasteiger partial charge in [0.15, 0.2) is 0 Å². The van der Waals surface area contributed by atoms with Gasteiger partial charge in [-0.05, 0) is 86.2 Å². The summed E-state index contributed by atoms with van der Waals surface area (Å²) in [7, 11) is 3.09. The summed E-state index contributed by atoms with van der Waals surface area (Å²) in [6.07, 6.45) is -0.782. The molecule has 16 nitrogen and oxygen atoms in total. The number of hydrogen-bond acceptors (Lipinski definition) is 11. The van der Waals surface area contributed by atoms with Gasteiger partial charge < -0.3 is 34.9 Å². The average molecular weight is 802 g/mol. The number of aryl methyl sites for hydroxylation is 1. The monoisotopic (exact) mass is 801 g/mol. The summed E-state index contributed by atoms with van der Waals surface area (Å²) in [5.41, 5.74) is 0.129. The number of fused-ring (bicyclic) bond motifs is 1. The Morgan fingerprint density at radius 3 is 1.95 bits per heavy atom. The third-order valence-electron chi connectivity index (χ3n) is 8.99. The van der Waals surface area contributed by atoms with Crippen molar-refractivity contribution in [2.45, 2.75) is 79.2 Å². The maximum Gasteiger partial charge on any atom is 0.408 e. The Hall–Kier alpha value is -6.45. The quantitative estimate of drug-likeness (QED) is 0.116. The van der Waals surface area contributed by atoms with Crippen LogP contribution in [0.1, 0.15) is 80.3 Å². The number of carbonyl (C=O) groups is 5. The minimum absolute atomic E-state index is 0.102. The van der Waals surface area contributed by atoms with E-state index in [-0.39, 0.29) is 35.5 Å². The van der Waals surface area contributed by atoms with Crippen molar-refractivity contribution in [1.29, 1.82) is 0 Å². The summed E-state index contributed by atoms with van der Waals surface area (Å²) >= 11 is 0. The van der Waals surface area contributed by atoms with Crippen LogP contribution in [0.15, 0.2) is 76.3 Å². The van der Waals surface area contributed by atoms with Crippen LogP contribution in [0.4, 0.5) is 4.79 Å². The Morgan fingerprint density at radius 2 is 1.36 bits per heavy atom. The number of amides is 3. The minimum atomic E-state index is -1.12. The Bertz CT molecular complexity index is 2250. The van der Waals surface area contributed by atoms with Gasteiger partial charge >= 0.3 is 23.7 Å². The Morgan fingerprint density at radius 1 is 0.759 bits per heavy atom.